The van der Waals surface area contributed by atoms with Crippen LogP contribution in [0.3, 0.4) is 0 Å². The summed E-state index contributed by atoms with van der Waals surface area (Å²) < 4.78 is 13.1. The quantitative estimate of drug-likeness (QED) is 0.931. The molecule has 1 aliphatic carbocycles. The van der Waals surface area contributed by atoms with Crippen molar-refractivity contribution in [2.24, 2.45) is 0 Å². The molecule has 1 aromatic heterocycles. The summed E-state index contributed by atoms with van der Waals surface area (Å²) >= 11 is 1.40. The Bertz CT molecular complexity index is 677. The second-order valence-corrected chi connectivity index (χ2v) is 7.01. The van der Waals surface area contributed by atoms with E-state index in [1.807, 2.05) is 13.8 Å². The SMILES string of the molecule is CC(C)c1nnc(NC(=O)C2(c3ccc(F)cc3)CCC2)s1. The lowest BCUT2D eigenvalue weighted by atomic mass is 9.64. The van der Waals surface area contributed by atoms with Gasteiger partial charge in [0.15, 0.2) is 0 Å². The molecule has 116 valence electrons. The third-order valence-electron chi connectivity index (χ3n) is 4.19. The van der Waals surface area contributed by atoms with Crippen molar-refractivity contribution < 1.29 is 9.18 Å². The molecule has 0 unspecified atom stereocenters. The Morgan fingerprint density at radius 1 is 1.27 bits per heavy atom. The van der Waals surface area contributed by atoms with Crippen molar-refractivity contribution in [1.82, 2.24) is 10.2 Å². The van der Waals surface area contributed by atoms with Gasteiger partial charge in [-0.1, -0.05) is 43.7 Å². The Morgan fingerprint density at radius 3 is 2.45 bits per heavy atom. The third kappa shape index (κ3) is 2.63. The van der Waals surface area contributed by atoms with Crippen LogP contribution in [0.4, 0.5) is 9.52 Å². The summed E-state index contributed by atoms with van der Waals surface area (Å²) in [5, 5.41) is 12.4. The lowest BCUT2D eigenvalue weighted by Crippen LogP contribution is -2.46. The van der Waals surface area contributed by atoms with E-state index in [-0.39, 0.29) is 17.6 Å². The zero-order chi connectivity index (χ0) is 15.7. The van der Waals surface area contributed by atoms with Gasteiger partial charge in [0.2, 0.25) is 11.0 Å². The number of aromatic nitrogens is 2. The highest BCUT2D eigenvalue weighted by molar-refractivity contribution is 7.15. The largest absolute Gasteiger partial charge is 0.300 e. The molecule has 1 N–H and O–H groups in total. The predicted octanol–water partition coefficient (Wildman–Crippen LogP) is 3.86. The third-order valence-corrected chi connectivity index (χ3v) is 5.33. The van der Waals surface area contributed by atoms with Gasteiger partial charge in [-0.05, 0) is 30.5 Å². The van der Waals surface area contributed by atoms with Crippen molar-refractivity contribution >= 4 is 22.4 Å². The average Bonchev–Trinajstić information content (AvgIpc) is 2.88. The van der Waals surface area contributed by atoms with Crippen LogP contribution < -0.4 is 5.32 Å². The summed E-state index contributed by atoms with van der Waals surface area (Å²) in [6.45, 7) is 4.08. The lowest BCUT2D eigenvalue weighted by molar-refractivity contribution is -0.124. The molecule has 2 aromatic rings. The number of nitrogens with zero attached hydrogens (tertiary/aromatic N) is 2. The van der Waals surface area contributed by atoms with Crippen LogP contribution >= 0.6 is 11.3 Å². The second kappa shape index (κ2) is 5.76. The van der Waals surface area contributed by atoms with E-state index in [0.29, 0.717) is 5.13 Å². The standard InChI is InChI=1S/C16H18FN3OS/c1-10(2)13-19-20-15(22-13)18-14(21)16(8-3-9-16)11-4-6-12(17)7-5-11/h4-7,10H,3,8-9H2,1-2H3,(H,18,20,21). The Hall–Kier alpha value is -1.82. The molecular weight excluding hydrogens is 301 g/mol. The lowest BCUT2D eigenvalue weighted by Gasteiger charge is -2.40. The molecule has 1 aliphatic rings. The number of nitrogens with one attached hydrogen (secondary N) is 1. The molecule has 0 saturated heterocycles. The van der Waals surface area contributed by atoms with Crippen LogP contribution in [-0.4, -0.2) is 16.1 Å². The van der Waals surface area contributed by atoms with Gasteiger partial charge in [-0.2, -0.15) is 0 Å². The molecule has 1 aromatic carbocycles. The molecule has 1 saturated carbocycles. The number of halogens is 1. The van der Waals surface area contributed by atoms with Gasteiger partial charge in [-0.3, -0.25) is 10.1 Å². The Balaban J connectivity index is 1.80. The van der Waals surface area contributed by atoms with Gasteiger partial charge in [-0.15, -0.1) is 10.2 Å². The predicted molar refractivity (Wildman–Crippen MR) is 84.6 cm³/mol. The van der Waals surface area contributed by atoms with E-state index in [4.69, 9.17) is 0 Å². The highest BCUT2D eigenvalue weighted by Crippen LogP contribution is 2.44. The van der Waals surface area contributed by atoms with Crippen LogP contribution in [0.1, 0.15) is 49.6 Å². The molecule has 4 nitrogen and oxygen atoms in total. The van der Waals surface area contributed by atoms with Crippen LogP contribution in [-0.2, 0) is 10.2 Å². The molecule has 0 spiro atoms. The minimum atomic E-state index is -0.558. The summed E-state index contributed by atoms with van der Waals surface area (Å²) in [4.78, 5) is 12.7. The van der Waals surface area contributed by atoms with Crippen LogP contribution in [0, 0.1) is 5.82 Å². The summed E-state index contributed by atoms with van der Waals surface area (Å²) in [5.41, 5.74) is 0.309. The number of hydrogen-bond acceptors (Lipinski definition) is 4. The van der Waals surface area contributed by atoms with Gasteiger partial charge in [-0.25, -0.2) is 4.39 Å². The first kappa shape index (κ1) is 15.1. The molecule has 22 heavy (non-hydrogen) atoms. The van der Waals surface area contributed by atoms with Crippen molar-refractivity contribution in [3.8, 4) is 0 Å². The number of benzene rings is 1. The van der Waals surface area contributed by atoms with Crippen LogP contribution in [0.2, 0.25) is 0 Å². The van der Waals surface area contributed by atoms with Crippen molar-refractivity contribution in [2.45, 2.75) is 44.4 Å². The fourth-order valence-corrected chi connectivity index (χ4v) is 3.42. The Labute approximate surface area is 132 Å². The zero-order valence-electron chi connectivity index (χ0n) is 12.6. The summed E-state index contributed by atoms with van der Waals surface area (Å²) in [7, 11) is 0. The van der Waals surface area contributed by atoms with E-state index in [1.165, 1.54) is 23.5 Å². The minimum Gasteiger partial charge on any atom is -0.300 e. The Kier molecular flexibility index (Phi) is 3.95. The summed E-state index contributed by atoms with van der Waals surface area (Å²) in [6, 6.07) is 6.22. The van der Waals surface area contributed by atoms with Gasteiger partial charge < -0.3 is 0 Å². The van der Waals surface area contributed by atoms with E-state index < -0.39 is 5.41 Å². The van der Waals surface area contributed by atoms with Crippen LogP contribution in [0.25, 0.3) is 0 Å². The topological polar surface area (TPSA) is 54.9 Å². The maximum absolute atomic E-state index is 13.1. The molecule has 6 heteroatoms. The van der Waals surface area contributed by atoms with Gasteiger partial charge in [0.1, 0.15) is 10.8 Å². The molecule has 1 fully saturated rings. The van der Waals surface area contributed by atoms with Crippen LogP contribution in [0.5, 0.6) is 0 Å². The fraction of sp³-hybridized carbons (Fsp3) is 0.438. The number of hydrogen-bond donors (Lipinski definition) is 1. The van der Waals surface area contributed by atoms with Crippen molar-refractivity contribution in [3.63, 3.8) is 0 Å². The number of carbonyl (C=O) groups is 1. The van der Waals surface area contributed by atoms with Crippen LogP contribution in [0.15, 0.2) is 24.3 Å². The van der Waals surface area contributed by atoms with E-state index in [1.54, 1.807) is 12.1 Å². The van der Waals surface area contributed by atoms with Gasteiger partial charge >= 0.3 is 0 Å². The molecule has 3 rings (SSSR count). The molecular formula is C16H18FN3OS. The van der Waals surface area contributed by atoms with E-state index in [0.717, 1.165) is 29.8 Å². The first-order valence-corrected chi connectivity index (χ1v) is 8.24. The highest BCUT2D eigenvalue weighted by Gasteiger charge is 2.45. The smallest absolute Gasteiger partial charge is 0.236 e. The van der Waals surface area contributed by atoms with E-state index in [2.05, 4.69) is 15.5 Å². The maximum Gasteiger partial charge on any atom is 0.236 e. The van der Waals surface area contributed by atoms with E-state index in [9.17, 15) is 9.18 Å². The van der Waals surface area contributed by atoms with E-state index >= 15 is 0 Å². The molecule has 0 bridgehead atoms. The maximum atomic E-state index is 13.1. The zero-order valence-corrected chi connectivity index (χ0v) is 13.4. The van der Waals surface area contributed by atoms with Gasteiger partial charge in [0, 0.05) is 5.92 Å². The normalized spacial score (nSPS) is 16.4. The van der Waals surface area contributed by atoms with Gasteiger partial charge in [0.05, 0.1) is 5.41 Å². The monoisotopic (exact) mass is 319 g/mol. The minimum absolute atomic E-state index is 0.0724. The number of amides is 1. The second-order valence-electron chi connectivity index (χ2n) is 6.00. The highest BCUT2D eigenvalue weighted by atomic mass is 32.1. The molecule has 0 atom stereocenters. The van der Waals surface area contributed by atoms with Crippen molar-refractivity contribution in [2.75, 3.05) is 5.32 Å². The molecule has 1 amide bonds. The molecule has 0 aliphatic heterocycles. The van der Waals surface area contributed by atoms with Crippen molar-refractivity contribution in [3.05, 3.63) is 40.7 Å². The summed E-state index contributed by atoms with van der Waals surface area (Å²) in [6.07, 6.45) is 2.55. The Morgan fingerprint density at radius 2 is 1.95 bits per heavy atom. The number of anilines is 1. The molecule has 0 radical (unpaired) electrons. The first-order chi connectivity index (χ1) is 10.5. The average molecular weight is 319 g/mol. The van der Waals surface area contributed by atoms with Crippen molar-refractivity contribution in [1.29, 1.82) is 0 Å². The number of carbonyl (C=O) groups excluding carboxylic acids is 1. The van der Waals surface area contributed by atoms with Gasteiger partial charge in [0.25, 0.3) is 0 Å². The fourth-order valence-electron chi connectivity index (χ4n) is 2.68. The number of rotatable bonds is 4. The molecule has 1 heterocycles. The first-order valence-electron chi connectivity index (χ1n) is 7.42. The summed E-state index contributed by atoms with van der Waals surface area (Å²) in [5.74, 6) is -0.0703.